The summed E-state index contributed by atoms with van der Waals surface area (Å²) in [6.45, 7) is 0. The molecule has 2 aromatic carbocycles. The van der Waals surface area contributed by atoms with Crippen molar-refractivity contribution in [1.29, 1.82) is 0 Å². The molecule has 3 rings (SSSR count). The lowest BCUT2D eigenvalue weighted by Gasteiger charge is -2.19. The van der Waals surface area contributed by atoms with Gasteiger partial charge in [-0.3, -0.25) is 0 Å². The number of sulfonamides is 1. The van der Waals surface area contributed by atoms with Crippen molar-refractivity contribution in [2.75, 3.05) is 0 Å². The Hall–Kier alpha value is -1.86. The Bertz CT molecular complexity index is 1000. The minimum absolute atomic E-state index is 0.211. The number of aryl methyl sites for hydroxylation is 1. The minimum atomic E-state index is -3.66. The normalized spacial score (nSPS) is 12.9. The SMILES string of the molecule is Cn1ccnc1C(NS(=O)(=O)Cc1ccc(Cl)c(Cl)c1)c1ccccc1. The molecule has 5 nitrogen and oxygen atoms in total. The van der Waals surface area contributed by atoms with Gasteiger partial charge in [-0.2, -0.15) is 4.72 Å². The second-order valence-corrected chi connectivity index (χ2v) is 8.43. The second kappa shape index (κ2) is 7.80. The Morgan fingerprint density at radius 3 is 2.46 bits per heavy atom. The van der Waals surface area contributed by atoms with Gasteiger partial charge >= 0.3 is 0 Å². The molecule has 0 fully saturated rings. The molecule has 0 saturated carbocycles. The van der Waals surface area contributed by atoms with Gasteiger partial charge in [-0.1, -0.05) is 59.6 Å². The van der Waals surface area contributed by atoms with Gasteiger partial charge in [-0.05, 0) is 23.3 Å². The van der Waals surface area contributed by atoms with Crippen molar-refractivity contribution in [1.82, 2.24) is 14.3 Å². The fraction of sp³-hybridized carbons (Fsp3) is 0.167. The van der Waals surface area contributed by atoms with E-state index in [9.17, 15) is 8.42 Å². The van der Waals surface area contributed by atoms with Crippen LogP contribution in [0.1, 0.15) is 23.0 Å². The maximum atomic E-state index is 12.8. The third-order valence-electron chi connectivity index (χ3n) is 3.89. The molecule has 136 valence electrons. The summed E-state index contributed by atoms with van der Waals surface area (Å²) in [5, 5.41) is 0.707. The molecule has 1 aromatic heterocycles. The van der Waals surface area contributed by atoms with Crippen molar-refractivity contribution in [2.24, 2.45) is 7.05 Å². The number of halogens is 2. The summed E-state index contributed by atoms with van der Waals surface area (Å²) >= 11 is 11.9. The molecular weight excluding hydrogens is 393 g/mol. The van der Waals surface area contributed by atoms with Crippen molar-refractivity contribution < 1.29 is 8.42 Å². The quantitative estimate of drug-likeness (QED) is 0.670. The first kappa shape index (κ1) is 18.9. The molecule has 1 heterocycles. The van der Waals surface area contributed by atoms with Crippen LogP contribution in [0.15, 0.2) is 60.9 Å². The van der Waals surface area contributed by atoms with Crippen LogP contribution >= 0.6 is 23.2 Å². The maximum absolute atomic E-state index is 12.8. The van der Waals surface area contributed by atoms with Crippen molar-refractivity contribution in [2.45, 2.75) is 11.8 Å². The lowest BCUT2D eigenvalue weighted by atomic mass is 10.1. The molecular formula is C18H17Cl2N3O2S. The van der Waals surface area contributed by atoms with Crippen LogP contribution in [0.3, 0.4) is 0 Å². The lowest BCUT2D eigenvalue weighted by Crippen LogP contribution is -2.32. The van der Waals surface area contributed by atoms with E-state index in [1.807, 2.05) is 37.4 Å². The van der Waals surface area contributed by atoms with Crippen LogP contribution in [0, 0.1) is 0 Å². The van der Waals surface area contributed by atoms with E-state index in [1.165, 1.54) is 0 Å². The number of hydrogen-bond acceptors (Lipinski definition) is 3. The number of rotatable bonds is 6. The molecule has 1 unspecified atom stereocenters. The third-order valence-corrected chi connectivity index (χ3v) is 5.93. The molecule has 3 aromatic rings. The van der Waals surface area contributed by atoms with E-state index in [1.54, 1.807) is 35.2 Å². The molecule has 0 radical (unpaired) electrons. The smallest absolute Gasteiger partial charge is 0.216 e. The average Bonchev–Trinajstić information content (AvgIpc) is 3.02. The predicted molar refractivity (Wildman–Crippen MR) is 104 cm³/mol. The van der Waals surface area contributed by atoms with E-state index in [0.29, 0.717) is 21.4 Å². The van der Waals surface area contributed by atoms with Gasteiger partial charge in [0, 0.05) is 19.4 Å². The van der Waals surface area contributed by atoms with E-state index in [4.69, 9.17) is 23.2 Å². The predicted octanol–water partition coefficient (Wildman–Crippen LogP) is 3.94. The van der Waals surface area contributed by atoms with Gasteiger partial charge in [0.05, 0.1) is 15.8 Å². The number of hydrogen-bond donors (Lipinski definition) is 1. The molecule has 0 aliphatic heterocycles. The Balaban J connectivity index is 1.90. The van der Waals surface area contributed by atoms with Crippen LogP contribution in [0.25, 0.3) is 0 Å². The van der Waals surface area contributed by atoms with Crippen LogP contribution in [-0.2, 0) is 22.8 Å². The van der Waals surface area contributed by atoms with Gasteiger partial charge in [-0.25, -0.2) is 13.4 Å². The first-order valence-corrected chi connectivity index (χ1v) is 10.2. The molecule has 0 amide bonds. The van der Waals surface area contributed by atoms with E-state index in [-0.39, 0.29) is 5.75 Å². The Morgan fingerprint density at radius 2 is 1.85 bits per heavy atom. The van der Waals surface area contributed by atoms with E-state index < -0.39 is 16.1 Å². The fourth-order valence-electron chi connectivity index (χ4n) is 2.64. The summed E-state index contributed by atoms with van der Waals surface area (Å²) in [4.78, 5) is 4.31. The molecule has 1 N–H and O–H groups in total. The highest BCUT2D eigenvalue weighted by Gasteiger charge is 2.24. The highest BCUT2D eigenvalue weighted by Crippen LogP contribution is 2.25. The number of nitrogens with zero attached hydrogens (tertiary/aromatic N) is 2. The Kier molecular flexibility index (Phi) is 5.67. The zero-order chi connectivity index (χ0) is 18.7. The average molecular weight is 410 g/mol. The molecule has 0 spiro atoms. The second-order valence-electron chi connectivity index (χ2n) is 5.87. The van der Waals surface area contributed by atoms with E-state index in [2.05, 4.69) is 9.71 Å². The third kappa shape index (κ3) is 4.45. The summed E-state index contributed by atoms with van der Waals surface area (Å²) < 4.78 is 30.1. The van der Waals surface area contributed by atoms with Crippen molar-refractivity contribution in [3.05, 3.63) is 87.9 Å². The number of imidazole rings is 1. The van der Waals surface area contributed by atoms with Gasteiger partial charge in [0.15, 0.2) is 0 Å². The van der Waals surface area contributed by atoms with Gasteiger partial charge in [0.1, 0.15) is 11.9 Å². The summed E-state index contributed by atoms with van der Waals surface area (Å²) in [6.07, 6.45) is 3.41. The summed E-state index contributed by atoms with van der Waals surface area (Å²) in [5.41, 5.74) is 1.36. The van der Waals surface area contributed by atoms with Crippen molar-refractivity contribution in [3.8, 4) is 0 Å². The van der Waals surface area contributed by atoms with Crippen molar-refractivity contribution in [3.63, 3.8) is 0 Å². The van der Waals surface area contributed by atoms with Crippen LogP contribution in [0.4, 0.5) is 0 Å². The fourth-order valence-corrected chi connectivity index (χ4v) is 4.26. The molecule has 0 aliphatic rings. The zero-order valence-electron chi connectivity index (χ0n) is 13.9. The Morgan fingerprint density at radius 1 is 1.12 bits per heavy atom. The molecule has 0 bridgehead atoms. The zero-order valence-corrected chi connectivity index (χ0v) is 16.3. The monoisotopic (exact) mass is 409 g/mol. The summed E-state index contributed by atoms with van der Waals surface area (Å²) in [7, 11) is -1.83. The topological polar surface area (TPSA) is 64.0 Å². The highest BCUT2D eigenvalue weighted by molar-refractivity contribution is 7.88. The molecule has 8 heteroatoms. The summed E-state index contributed by atoms with van der Waals surface area (Å²) in [5.74, 6) is 0.395. The molecule has 0 aliphatic carbocycles. The number of benzene rings is 2. The molecule has 26 heavy (non-hydrogen) atoms. The molecule has 1 atom stereocenters. The summed E-state index contributed by atoms with van der Waals surface area (Å²) in [6, 6.07) is 13.5. The minimum Gasteiger partial charge on any atom is -0.336 e. The largest absolute Gasteiger partial charge is 0.336 e. The van der Waals surface area contributed by atoms with Gasteiger partial charge in [0.25, 0.3) is 0 Å². The van der Waals surface area contributed by atoms with Gasteiger partial charge in [-0.15, -0.1) is 0 Å². The highest BCUT2D eigenvalue weighted by atomic mass is 35.5. The van der Waals surface area contributed by atoms with E-state index in [0.717, 1.165) is 5.56 Å². The maximum Gasteiger partial charge on any atom is 0.216 e. The van der Waals surface area contributed by atoms with Crippen LogP contribution in [0.5, 0.6) is 0 Å². The number of aromatic nitrogens is 2. The van der Waals surface area contributed by atoms with Crippen LogP contribution in [0.2, 0.25) is 10.0 Å². The number of nitrogens with one attached hydrogen (secondary N) is 1. The first-order chi connectivity index (χ1) is 12.4. The lowest BCUT2D eigenvalue weighted by molar-refractivity contribution is 0.562. The Labute approximate surface area is 162 Å². The van der Waals surface area contributed by atoms with Crippen molar-refractivity contribution >= 4 is 33.2 Å². The standard InChI is InChI=1S/C18H17Cl2N3O2S/c1-23-10-9-21-18(23)17(14-5-3-2-4-6-14)22-26(24,25)12-13-7-8-15(19)16(20)11-13/h2-11,17,22H,12H2,1H3. The van der Waals surface area contributed by atoms with Crippen LogP contribution in [-0.4, -0.2) is 18.0 Å². The van der Waals surface area contributed by atoms with Crippen LogP contribution < -0.4 is 4.72 Å². The van der Waals surface area contributed by atoms with Gasteiger partial charge in [0.2, 0.25) is 10.0 Å². The van der Waals surface area contributed by atoms with Gasteiger partial charge < -0.3 is 4.57 Å². The molecule has 0 saturated heterocycles. The first-order valence-electron chi connectivity index (χ1n) is 7.82. The van der Waals surface area contributed by atoms with E-state index >= 15 is 0 Å².